The van der Waals surface area contributed by atoms with E-state index in [2.05, 4.69) is 5.32 Å². The van der Waals surface area contributed by atoms with Gasteiger partial charge in [0.15, 0.2) is 0 Å². The van der Waals surface area contributed by atoms with Gasteiger partial charge in [0.05, 0.1) is 0 Å². The minimum atomic E-state index is -1.05. The van der Waals surface area contributed by atoms with E-state index in [4.69, 9.17) is 5.73 Å². The van der Waals surface area contributed by atoms with Gasteiger partial charge in [0.2, 0.25) is 0 Å². The largest absolute Gasteiger partial charge is 0.480 e. The van der Waals surface area contributed by atoms with Crippen molar-refractivity contribution >= 4 is 5.97 Å². The Hall–Kier alpha value is -0.610. The summed E-state index contributed by atoms with van der Waals surface area (Å²) in [5.74, 6) is -0.788. The molecule has 4 heteroatoms. The maximum atomic E-state index is 11.2. The summed E-state index contributed by atoms with van der Waals surface area (Å²) in [5.41, 5.74) is 4.98. The van der Waals surface area contributed by atoms with Crippen LogP contribution in [-0.4, -0.2) is 29.7 Å². The molecule has 1 rings (SSSR count). The van der Waals surface area contributed by atoms with Gasteiger partial charge in [-0.2, -0.15) is 0 Å². The second kappa shape index (κ2) is 4.28. The highest BCUT2D eigenvalue weighted by molar-refractivity contribution is 5.79. The van der Waals surface area contributed by atoms with Crippen LogP contribution in [0.1, 0.15) is 26.7 Å². The highest BCUT2D eigenvalue weighted by Gasteiger charge is 2.44. The molecule has 1 atom stereocenters. The Bertz CT molecular complexity index is 212. The molecule has 0 aliphatic carbocycles. The molecule has 1 aliphatic heterocycles. The summed E-state index contributed by atoms with van der Waals surface area (Å²) in [6.07, 6.45) is 1.72. The summed E-state index contributed by atoms with van der Waals surface area (Å²) >= 11 is 0. The normalized spacial score (nSPS) is 23.4. The fraction of sp³-hybridized carbons (Fsp3) is 0.900. The number of carboxylic acids is 1. The third-order valence-electron chi connectivity index (χ3n) is 3.34. The number of hydrogen-bond donors (Lipinski definition) is 3. The number of rotatable bonds is 3. The zero-order valence-corrected chi connectivity index (χ0v) is 8.92. The Morgan fingerprint density at radius 2 is 2.00 bits per heavy atom. The van der Waals surface area contributed by atoms with E-state index in [0.29, 0.717) is 0 Å². The fourth-order valence-electron chi connectivity index (χ4n) is 2.19. The molecule has 0 aromatic heterocycles. The van der Waals surface area contributed by atoms with Gasteiger partial charge >= 0.3 is 5.97 Å². The van der Waals surface area contributed by atoms with Gasteiger partial charge in [0.25, 0.3) is 0 Å². The number of nitrogens with one attached hydrogen (secondary N) is 1. The Labute approximate surface area is 84.9 Å². The highest BCUT2D eigenvalue weighted by Crippen LogP contribution is 2.30. The lowest BCUT2D eigenvalue weighted by molar-refractivity contribution is -0.148. The third-order valence-corrected chi connectivity index (χ3v) is 3.34. The predicted octanol–water partition coefficient (Wildman–Crippen LogP) is 0.424. The number of piperidine rings is 1. The van der Waals surface area contributed by atoms with Crippen molar-refractivity contribution in [2.45, 2.75) is 32.2 Å². The monoisotopic (exact) mass is 200 g/mol. The van der Waals surface area contributed by atoms with Gasteiger partial charge < -0.3 is 16.2 Å². The number of hydrogen-bond acceptors (Lipinski definition) is 3. The molecule has 1 saturated heterocycles. The molecule has 0 bridgehead atoms. The summed E-state index contributed by atoms with van der Waals surface area (Å²) in [6.45, 7) is 5.53. The van der Waals surface area contributed by atoms with Crippen molar-refractivity contribution in [1.82, 2.24) is 5.32 Å². The number of aliphatic carboxylic acids is 1. The van der Waals surface area contributed by atoms with E-state index in [0.717, 1.165) is 25.9 Å². The first-order valence-corrected chi connectivity index (χ1v) is 5.22. The molecule has 1 fully saturated rings. The number of carboxylic acid groups (broad SMARTS) is 1. The van der Waals surface area contributed by atoms with Crippen LogP contribution >= 0.6 is 0 Å². The molecule has 0 spiro atoms. The van der Waals surface area contributed by atoms with Gasteiger partial charge in [-0.25, -0.2) is 0 Å². The first-order chi connectivity index (χ1) is 6.49. The second-order valence-corrected chi connectivity index (χ2v) is 4.42. The van der Waals surface area contributed by atoms with Crippen LogP contribution < -0.4 is 11.1 Å². The lowest BCUT2D eigenvalue weighted by Gasteiger charge is -2.39. The van der Waals surface area contributed by atoms with Crippen molar-refractivity contribution in [3.63, 3.8) is 0 Å². The van der Waals surface area contributed by atoms with Gasteiger partial charge in [0.1, 0.15) is 5.54 Å². The van der Waals surface area contributed by atoms with Crippen LogP contribution in [0.4, 0.5) is 0 Å². The van der Waals surface area contributed by atoms with E-state index in [1.807, 2.05) is 13.8 Å². The maximum Gasteiger partial charge on any atom is 0.324 e. The van der Waals surface area contributed by atoms with E-state index in [-0.39, 0.29) is 11.8 Å². The third kappa shape index (κ3) is 1.91. The van der Waals surface area contributed by atoms with Crippen molar-refractivity contribution in [2.24, 2.45) is 17.6 Å². The summed E-state index contributed by atoms with van der Waals surface area (Å²) in [7, 11) is 0. The van der Waals surface area contributed by atoms with E-state index in [9.17, 15) is 9.90 Å². The van der Waals surface area contributed by atoms with Gasteiger partial charge in [0, 0.05) is 0 Å². The quantitative estimate of drug-likeness (QED) is 0.617. The molecule has 0 saturated carbocycles. The van der Waals surface area contributed by atoms with Gasteiger partial charge in [-0.05, 0) is 37.8 Å². The van der Waals surface area contributed by atoms with Crippen molar-refractivity contribution < 1.29 is 9.90 Å². The first kappa shape index (κ1) is 11.5. The number of carbonyl (C=O) groups is 1. The van der Waals surface area contributed by atoms with Gasteiger partial charge in [-0.1, -0.05) is 13.8 Å². The van der Waals surface area contributed by atoms with Crippen LogP contribution in [0.25, 0.3) is 0 Å². The molecule has 1 unspecified atom stereocenters. The average Bonchev–Trinajstić information content (AvgIpc) is 2.17. The molecule has 4 N–H and O–H groups in total. The summed E-state index contributed by atoms with van der Waals surface area (Å²) < 4.78 is 0. The average molecular weight is 200 g/mol. The summed E-state index contributed by atoms with van der Waals surface area (Å²) in [5, 5.41) is 12.4. The zero-order chi connectivity index (χ0) is 10.8. The van der Waals surface area contributed by atoms with E-state index in [1.54, 1.807) is 0 Å². The molecular weight excluding hydrogens is 180 g/mol. The minimum absolute atomic E-state index is 0.0249. The summed E-state index contributed by atoms with van der Waals surface area (Å²) in [4.78, 5) is 11.2. The van der Waals surface area contributed by atoms with Crippen molar-refractivity contribution in [3.8, 4) is 0 Å². The Kier molecular flexibility index (Phi) is 3.50. The van der Waals surface area contributed by atoms with Crippen molar-refractivity contribution in [2.75, 3.05) is 13.1 Å². The Morgan fingerprint density at radius 1 is 1.50 bits per heavy atom. The predicted molar refractivity (Wildman–Crippen MR) is 55.0 cm³/mol. The van der Waals surface area contributed by atoms with Crippen LogP contribution in [0, 0.1) is 11.8 Å². The molecule has 0 aromatic carbocycles. The zero-order valence-electron chi connectivity index (χ0n) is 8.92. The lowest BCUT2D eigenvalue weighted by atomic mass is 9.72. The van der Waals surface area contributed by atoms with Crippen LogP contribution in [0.3, 0.4) is 0 Å². The standard InChI is InChI=1S/C10H20N2O2/c1-7(2)10(11,9(13)14)8-3-5-12-6-4-8/h7-8,12H,3-6,11H2,1-2H3,(H,13,14). The SMILES string of the molecule is CC(C)C(N)(C(=O)O)C1CCNCC1. The van der Waals surface area contributed by atoms with Crippen LogP contribution in [0.2, 0.25) is 0 Å². The van der Waals surface area contributed by atoms with Gasteiger partial charge in [-0.15, -0.1) is 0 Å². The Morgan fingerprint density at radius 3 is 2.36 bits per heavy atom. The molecule has 4 nitrogen and oxygen atoms in total. The fourth-order valence-corrected chi connectivity index (χ4v) is 2.19. The molecule has 0 amide bonds. The topological polar surface area (TPSA) is 75.4 Å². The van der Waals surface area contributed by atoms with Crippen LogP contribution in [-0.2, 0) is 4.79 Å². The minimum Gasteiger partial charge on any atom is -0.480 e. The number of nitrogens with two attached hydrogens (primary N) is 1. The Balaban J connectivity index is 2.80. The van der Waals surface area contributed by atoms with Crippen molar-refractivity contribution in [3.05, 3.63) is 0 Å². The first-order valence-electron chi connectivity index (χ1n) is 5.22. The molecule has 0 radical (unpaired) electrons. The van der Waals surface area contributed by atoms with Crippen LogP contribution in [0.15, 0.2) is 0 Å². The molecule has 82 valence electrons. The van der Waals surface area contributed by atoms with E-state index < -0.39 is 11.5 Å². The van der Waals surface area contributed by atoms with E-state index >= 15 is 0 Å². The van der Waals surface area contributed by atoms with Crippen molar-refractivity contribution in [1.29, 1.82) is 0 Å². The molecule has 1 aliphatic rings. The van der Waals surface area contributed by atoms with E-state index in [1.165, 1.54) is 0 Å². The van der Waals surface area contributed by atoms with Gasteiger partial charge in [-0.3, -0.25) is 4.79 Å². The molecular formula is C10H20N2O2. The highest BCUT2D eigenvalue weighted by atomic mass is 16.4. The molecule has 0 aromatic rings. The maximum absolute atomic E-state index is 11.2. The smallest absolute Gasteiger partial charge is 0.324 e. The lowest BCUT2D eigenvalue weighted by Crippen LogP contribution is -2.60. The second-order valence-electron chi connectivity index (χ2n) is 4.42. The molecule has 14 heavy (non-hydrogen) atoms. The van der Waals surface area contributed by atoms with Crippen LogP contribution in [0.5, 0.6) is 0 Å². The summed E-state index contributed by atoms with van der Waals surface area (Å²) in [6, 6.07) is 0. The molecule has 1 heterocycles.